The van der Waals surface area contributed by atoms with E-state index < -0.39 is 5.54 Å². The second-order valence-electron chi connectivity index (χ2n) is 4.04. The fourth-order valence-electron chi connectivity index (χ4n) is 1.61. The first kappa shape index (κ1) is 11.5. The van der Waals surface area contributed by atoms with Crippen LogP contribution in [0.2, 0.25) is 0 Å². The fourth-order valence-corrected chi connectivity index (χ4v) is 1.61. The average Bonchev–Trinajstić information content (AvgIpc) is 2.13. The summed E-state index contributed by atoms with van der Waals surface area (Å²) in [6.07, 6.45) is 0. The average molecular weight is 200 g/mol. The first-order valence-electron chi connectivity index (χ1n) is 5.20. The summed E-state index contributed by atoms with van der Waals surface area (Å²) < 4.78 is 5.24. The van der Waals surface area contributed by atoms with Gasteiger partial charge < -0.3 is 15.0 Å². The lowest BCUT2D eigenvalue weighted by Crippen LogP contribution is -2.61. The van der Waals surface area contributed by atoms with Crippen molar-refractivity contribution in [3.05, 3.63) is 0 Å². The lowest BCUT2D eigenvalue weighted by molar-refractivity contribution is -0.140. The van der Waals surface area contributed by atoms with E-state index >= 15 is 0 Å². The molecule has 1 aliphatic rings. The van der Waals surface area contributed by atoms with Crippen LogP contribution < -0.4 is 5.32 Å². The van der Waals surface area contributed by atoms with E-state index in [1.165, 1.54) is 0 Å². The Hall–Kier alpha value is -0.610. The van der Waals surface area contributed by atoms with Gasteiger partial charge in [-0.05, 0) is 20.8 Å². The molecule has 0 atom stereocenters. The Morgan fingerprint density at radius 2 is 2.29 bits per heavy atom. The smallest absolute Gasteiger partial charge is 0.242 e. The number of rotatable bonds is 4. The molecule has 0 radical (unpaired) electrons. The van der Waals surface area contributed by atoms with Crippen molar-refractivity contribution < 1.29 is 9.53 Å². The molecule has 1 heterocycles. The van der Waals surface area contributed by atoms with Gasteiger partial charge in [0.1, 0.15) is 0 Å². The predicted octanol–water partition coefficient (Wildman–Crippen LogP) is 0.233. The van der Waals surface area contributed by atoms with Gasteiger partial charge in [0.2, 0.25) is 5.91 Å². The third kappa shape index (κ3) is 2.69. The first-order valence-corrected chi connectivity index (χ1v) is 5.20. The SMILES string of the molecule is CCOCCN1CCNC(C)(C)C1=O. The number of amides is 1. The third-order valence-corrected chi connectivity index (χ3v) is 2.48. The molecule has 0 bridgehead atoms. The molecule has 4 nitrogen and oxygen atoms in total. The minimum Gasteiger partial charge on any atom is -0.380 e. The molecule has 1 aliphatic heterocycles. The maximum atomic E-state index is 11.8. The van der Waals surface area contributed by atoms with Crippen LogP contribution in [-0.2, 0) is 9.53 Å². The van der Waals surface area contributed by atoms with Crippen LogP contribution in [0.3, 0.4) is 0 Å². The summed E-state index contributed by atoms with van der Waals surface area (Å²) in [7, 11) is 0. The van der Waals surface area contributed by atoms with Crippen molar-refractivity contribution in [1.82, 2.24) is 10.2 Å². The number of hydrogen-bond donors (Lipinski definition) is 1. The Balaban J connectivity index is 2.41. The third-order valence-electron chi connectivity index (χ3n) is 2.48. The summed E-state index contributed by atoms with van der Waals surface area (Å²) in [5.41, 5.74) is -0.412. The van der Waals surface area contributed by atoms with E-state index in [1.807, 2.05) is 25.7 Å². The molecule has 0 spiro atoms. The lowest BCUT2D eigenvalue weighted by atomic mass is 10.0. The standard InChI is InChI=1S/C10H20N2O2/c1-4-14-8-7-12-6-5-11-10(2,3)9(12)13/h11H,4-8H2,1-3H3. The summed E-state index contributed by atoms with van der Waals surface area (Å²) in [5.74, 6) is 0.170. The van der Waals surface area contributed by atoms with Crippen LogP contribution in [0.15, 0.2) is 0 Å². The predicted molar refractivity (Wildman–Crippen MR) is 55.2 cm³/mol. The molecule has 1 N–H and O–H groups in total. The highest BCUT2D eigenvalue weighted by Crippen LogP contribution is 2.11. The van der Waals surface area contributed by atoms with Crippen molar-refractivity contribution in [2.24, 2.45) is 0 Å². The van der Waals surface area contributed by atoms with Gasteiger partial charge in [-0.3, -0.25) is 4.79 Å². The summed E-state index contributed by atoms with van der Waals surface area (Å²) >= 11 is 0. The highest BCUT2D eigenvalue weighted by atomic mass is 16.5. The molecule has 1 rings (SSSR count). The Labute approximate surface area is 85.6 Å². The van der Waals surface area contributed by atoms with Crippen LogP contribution in [-0.4, -0.2) is 49.2 Å². The van der Waals surface area contributed by atoms with Crippen LogP contribution in [0, 0.1) is 0 Å². The number of hydrogen-bond acceptors (Lipinski definition) is 3. The van der Waals surface area contributed by atoms with Crippen LogP contribution in [0.4, 0.5) is 0 Å². The molecule has 0 aromatic heterocycles. The first-order chi connectivity index (χ1) is 6.58. The van der Waals surface area contributed by atoms with E-state index in [0.717, 1.165) is 13.1 Å². The zero-order valence-electron chi connectivity index (χ0n) is 9.30. The molecular weight excluding hydrogens is 180 g/mol. The molecule has 1 saturated heterocycles. The number of nitrogens with zero attached hydrogens (tertiary/aromatic N) is 1. The Morgan fingerprint density at radius 3 is 2.93 bits per heavy atom. The fraction of sp³-hybridized carbons (Fsp3) is 0.900. The molecule has 1 amide bonds. The molecule has 0 aromatic rings. The molecule has 0 aliphatic carbocycles. The number of ether oxygens (including phenoxy) is 1. The van der Waals surface area contributed by atoms with E-state index in [1.54, 1.807) is 0 Å². The van der Waals surface area contributed by atoms with Crippen LogP contribution in [0.5, 0.6) is 0 Å². The summed E-state index contributed by atoms with van der Waals surface area (Å²) in [4.78, 5) is 13.7. The van der Waals surface area contributed by atoms with Crippen LogP contribution in [0.1, 0.15) is 20.8 Å². The van der Waals surface area contributed by atoms with Crippen molar-refractivity contribution in [2.45, 2.75) is 26.3 Å². The zero-order chi connectivity index (χ0) is 10.6. The van der Waals surface area contributed by atoms with Gasteiger partial charge in [0.05, 0.1) is 12.1 Å². The summed E-state index contributed by atoms with van der Waals surface area (Å²) in [5, 5.41) is 3.20. The van der Waals surface area contributed by atoms with Gasteiger partial charge in [-0.25, -0.2) is 0 Å². The van der Waals surface area contributed by atoms with Gasteiger partial charge in [-0.15, -0.1) is 0 Å². The highest BCUT2D eigenvalue weighted by Gasteiger charge is 2.34. The Morgan fingerprint density at radius 1 is 1.57 bits per heavy atom. The van der Waals surface area contributed by atoms with Gasteiger partial charge in [-0.1, -0.05) is 0 Å². The summed E-state index contributed by atoms with van der Waals surface area (Å²) in [6.45, 7) is 9.51. The van der Waals surface area contributed by atoms with Gasteiger partial charge in [-0.2, -0.15) is 0 Å². The maximum Gasteiger partial charge on any atom is 0.242 e. The maximum absolute atomic E-state index is 11.8. The second-order valence-corrected chi connectivity index (χ2v) is 4.04. The molecule has 4 heteroatoms. The molecule has 0 saturated carbocycles. The number of nitrogens with one attached hydrogen (secondary N) is 1. The number of piperazine rings is 1. The van der Waals surface area contributed by atoms with Gasteiger partial charge in [0, 0.05) is 26.2 Å². The largest absolute Gasteiger partial charge is 0.380 e. The van der Waals surface area contributed by atoms with E-state index in [2.05, 4.69) is 5.32 Å². The molecule has 0 unspecified atom stereocenters. The molecule has 82 valence electrons. The second kappa shape index (κ2) is 4.75. The minimum atomic E-state index is -0.412. The molecule has 0 aromatic carbocycles. The monoisotopic (exact) mass is 200 g/mol. The highest BCUT2D eigenvalue weighted by molar-refractivity contribution is 5.86. The van der Waals surface area contributed by atoms with E-state index in [9.17, 15) is 4.79 Å². The van der Waals surface area contributed by atoms with Crippen LogP contribution >= 0.6 is 0 Å². The minimum absolute atomic E-state index is 0.170. The van der Waals surface area contributed by atoms with Gasteiger partial charge >= 0.3 is 0 Å². The van der Waals surface area contributed by atoms with Crippen molar-refractivity contribution in [3.63, 3.8) is 0 Å². The number of carbonyl (C=O) groups is 1. The summed E-state index contributed by atoms with van der Waals surface area (Å²) in [6, 6.07) is 0. The van der Waals surface area contributed by atoms with Crippen molar-refractivity contribution in [1.29, 1.82) is 0 Å². The molecular formula is C10H20N2O2. The number of carbonyl (C=O) groups excluding carboxylic acids is 1. The Bertz CT molecular complexity index is 204. The molecule has 14 heavy (non-hydrogen) atoms. The van der Waals surface area contributed by atoms with Crippen molar-refractivity contribution in [3.8, 4) is 0 Å². The van der Waals surface area contributed by atoms with Crippen molar-refractivity contribution >= 4 is 5.91 Å². The van der Waals surface area contributed by atoms with Gasteiger partial charge in [0.15, 0.2) is 0 Å². The normalized spacial score (nSPS) is 21.4. The topological polar surface area (TPSA) is 41.6 Å². The quantitative estimate of drug-likeness (QED) is 0.661. The zero-order valence-corrected chi connectivity index (χ0v) is 9.30. The Kier molecular flexibility index (Phi) is 3.89. The molecule has 1 fully saturated rings. The lowest BCUT2D eigenvalue weighted by Gasteiger charge is -2.38. The van der Waals surface area contributed by atoms with E-state index in [4.69, 9.17) is 4.74 Å². The van der Waals surface area contributed by atoms with E-state index in [0.29, 0.717) is 19.8 Å². The van der Waals surface area contributed by atoms with Gasteiger partial charge in [0.25, 0.3) is 0 Å². The van der Waals surface area contributed by atoms with Crippen LogP contribution in [0.25, 0.3) is 0 Å². The van der Waals surface area contributed by atoms with Crippen molar-refractivity contribution in [2.75, 3.05) is 32.8 Å². The van der Waals surface area contributed by atoms with E-state index in [-0.39, 0.29) is 5.91 Å².